The van der Waals surface area contributed by atoms with Gasteiger partial charge in [0.1, 0.15) is 6.10 Å². The summed E-state index contributed by atoms with van der Waals surface area (Å²) in [5.41, 5.74) is 0.435. The zero-order chi connectivity index (χ0) is 23.0. The fraction of sp³-hybridized carbons (Fsp3) is 0.708. The van der Waals surface area contributed by atoms with Gasteiger partial charge in [-0.1, -0.05) is 18.9 Å². The third kappa shape index (κ3) is 6.27. The van der Waals surface area contributed by atoms with Crippen LogP contribution < -0.4 is 5.32 Å². The molecule has 0 aromatic carbocycles. The van der Waals surface area contributed by atoms with E-state index in [9.17, 15) is 9.90 Å². The highest BCUT2D eigenvalue weighted by Crippen LogP contribution is 2.40. The zero-order valence-corrected chi connectivity index (χ0v) is 19.0. The number of likely N-dealkylation sites (tertiary alicyclic amines) is 1. The summed E-state index contributed by atoms with van der Waals surface area (Å²) in [6.07, 6.45) is 10.9. The van der Waals surface area contributed by atoms with E-state index >= 15 is 0 Å². The number of piperidine rings is 1. The second-order valence-electron chi connectivity index (χ2n) is 9.63. The molecule has 3 fully saturated rings. The Bertz CT molecular complexity index is 732. The van der Waals surface area contributed by atoms with Crippen LogP contribution >= 0.6 is 0 Å². The Hall–Kier alpha value is -2.03. The summed E-state index contributed by atoms with van der Waals surface area (Å²) in [6, 6.07) is 4.12. The van der Waals surface area contributed by atoms with Crippen molar-refractivity contribution in [2.24, 2.45) is 5.92 Å². The van der Waals surface area contributed by atoms with Crippen molar-refractivity contribution in [3.05, 3.63) is 30.1 Å². The summed E-state index contributed by atoms with van der Waals surface area (Å²) in [4.78, 5) is 27.8. The number of carboxylic acid groups (broad SMARTS) is 1. The smallest absolute Gasteiger partial charge is 0.290 e. The van der Waals surface area contributed by atoms with E-state index in [1.807, 2.05) is 25.4 Å². The lowest BCUT2D eigenvalue weighted by Gasteiger charge is -2.52. The number of amides is 1. The van der Waals surface area contributed by atoms with Crippen LogP contribution in [0.5, 0.6) is 0 Å². The zero-order valence-electron chi connectivity index (χ0n) is 19.0. The van der Waals surface area contributed by atoms with E-state index < -0.39 is 11.6 Å². The first kappa shape index (κ1) is 24.6. The minimum absolute atomic E-state index is 0.118. The SMILES string of the molecule is C[C@@]1(NC(=O)C2CCCC2)CC2(CCN(CCc3cccnc3)CC2)OC[C@H]1O.O=CO. The number of hydrogen-bond acceptors (Lipinski definition) is 6. The molecule has 2 aliphatic heterocycles. The molecule has 4 rings (SSSR count). The molecule has 3 aliphatic rings. The molecule has 1 aromatic heterocycles. The van der Waals surface area contributed by atoms with Crippen molar-refractivity contribution >= 4 is 12.4 Å². The first-order chi connectivity index (χ1) is 15.4. The predicted octanol–water partition coefficient (Wildman–Crippen LogP) is 2.01. The predicted molar refractivity (Wildman–Crippen MR) is 120 cm³/mol. The lowest BCUT2D eigenvalue weighted by molar-refractivity contribution is -0.181. The summed E-state index contributed by atoms with van der Waals surface area (Å²) >= 11 is 0. The normalized spacial score (nSPS) is 28.0. The van der Waals surface area contributed by atoms with Crippen molar-refractivity contribution in [3.8, 4) is 0 Å². The number of hydrogen-bond donors (Lipinski definition) is 3. The molecule has 0 unspecified atom stereocenters. The maximum absolute atomic E-state index is 12.7. The fourth-order valence-electron chi connectivity index (χ4n) is 5.32. The van der Waals surface area contributed by atoms with E-state index in [1.54, 1.807) is 0 Å². The highest BCUT2D eigenvalue weighted by Gasteiger charge is 2.50. The minimum atomic E-state index is -0.651. The summed E-state index contributed by atoms with van der Waals surface area (Å²) in [5, 5.41) is 20.8. The second-order valence-corrected chi connectivity index (χ2v) is 9.63. The van der Waals surface area contributed by atoms with E-state index in [0.717, 1.165) is 64.6 Å². The first-order valence-corrected chi connectivity index (χ1v) is 11.7. The van der Waals surface area contributed by atoms with Gasteiger partial charge in [0.05, 0.1) is 17.7 Å². The van der Waals surface area contributed by atoms with Gasteiger partial charge >= 0.3 is 0 Å². The molecule has 0 bridgehead atoms. The number of nitrogens with one attached hydrogen (secondary N) is 1. The highest BCUT2D eigenvalue weighted by molar-refractivity contribution is 5.79. The Balaban J connectivity index is 0.000000913. The number of pyridine rings is 1. The van der Waals surface area contributed by atoms with E-state index in [0.29, 0.717) is 13.0 Å². The van der Waals surface area contributed by atoms with Crippen molar-refractivity contribution in [1.82, 2.24) is 15.2 Å². The van der Waals surface area contributed by atoms with Crippen LogP contribution in [0.1, 0.15) is 57.4 Å². The van der Waals surface area contributed by atoms with Crippen molar-refractivity contribution in [2.45, 2.75) is 75.5 Å². The third-order valence-corrected chi connectivity index (χ3v) is 7.31. The Morgan fingerprint density at radius 1 is 1.34 bits per heavy atom. The molecule has 1 saturated carbocycles. The van der Waals surface area contributed by atoms with E-state index in [2.05, 4.69) is 21.3 Å². The van der Waals surface area contributed by atoms with Crippen LogP contribution in [0.15, 0.2) is 24.5 Å². The molecular formula is C24H37N3O5. The molecule has 1 aromatic rings. The molecule has 0 radical (unpaired) electrons. The monoisotopic (exact) mass is 447 g/mol. The molecule has 32 heavy (non-hydrogen) atoms. The molecule has 178 valence electrons. The van der Waals surface area contributed by atoms with Crippen LogP contribution in [0.2, 0.25) is 0 Å². The number of carbonyl (C=O) groups excluding carboxylic acids is 1. The van der Waals surface area contributed by atoms with E-state index in [4.69, 9.17) is 14.6 Å². The highest BCUT2D eigenvalue weighted by atomic mass is 16.5. The summed E-state index contributed by atoms with van der Waals surface area (Å²) in [7, 11) is 0. The van der Waals surface area contributed by atoms with E-state index in [1.165, 1.54) is 5.56 Å². The minimum Gasteiger partial charge on any atom is -0.483 e. The Morgan fingerprint density at radius 2 is 2.03 bits per heavy atom. The van der Waals surface area contributed by atoms with Crippen molar-refractivity contribution in [1.29, 1.82) is 0 Å². The Morgan fingerprint density at radius 3 is 2.66 bits per heavy atom. The molecule has 2 atom stereocenters. The Labute approximate surface area is 190 Å². The molecule has 2 saturated heterocycles. The molecule has 3 heterocycles. The lowest BCUT2D eigenvalue weighted by Crippen LogP contribution is -2.66. The molecule has 8 heteroatoms. The molecular weight excluding hydrogens is 410 g/mol. The number of rotatable bonds is 5. The van der Waals surface area contributed by atoms with Gasteiger partial charge in [0, 0.05) is 44.4 Å². The van der Waals surface area contributed by atoms with Crippen molar-refractivity contribution in [3.63, 3.8) is 0 Å². The maximum Gasteiger partial charge on any atom is 0.290 e. The number of carbonyl (C=O) groups is 2. The molecule has 8 nitrogen and oxygen atoms in total. The van der Waals surface area contributed by atoms with Gasteiger partial charge in [0.15, 0.2) is 0 Å². The maximum atomic E-state index is 12.7. The standard InChI is InChI=1S/C23H35N3O3.CH2O2/c1-22(25-21(28)19-6-2-3-7-19)17-23(29-16-20(22)27)9-13-26(14-10-23)12-8-18-5-4-11-24-15-18;2-1-3/h4-5,11,15,19-20,27H,2-3,6-10,12-14,16-17H2,1H3,(H,25,28);1H,(H,2,3)/t20-,22-;/m1./s1. The summed E-state index contributed by atoms with van der Waals surface area (Å²) in [5.74, 6) is 0.238. The second kappa shape index (κ2) is 11.2. The summed E-state index contributed by atoms with van der Waals surface area (Å²) < 4.78 is 6.19. The first-order valence-electron chi connectivity index (χ1n) is 11.7. The largest absolute Gasteiger partial charge is 0.483 e. The van der Waals surface area contributed by atoms with Crippen molar-refractivity contribution < 1.29 is 24.5 Å². The van der Waals surface area contributed by atoms with Gasteiger partial charge in [-0.2, -0.15) is 0 Å². The van der Waals surface area contributed by atoms with Gasteiger partial charge in [0.2, 0.25) is 5.91 Å². The van der Waals surface area contributed by atoms with Gasteiger partial charge in [-0.3, -0.25) is 14.6 Å². The fourth-order valence-corrected chi connectivity index (χ4v) is 5.32. The van der Waals surface area contributed by atoms with Crippen LogP contribution in [-0.2, 0) is 20.7 Å². The molecule has 1 amide bonds. The quantitative estimate of drug-likeness (QED) is 0.592. The van der Waals surface area contributed by atoms with Crippen LogP contribution in [0.3, 0.4) is 0 Å². The van der Waals surface area contributed by atoms with Gasteiger partial charge in [-0.15, -0.1) is 0 Å². The topological polar surface area (TPSA) is 112 Å². The summed E-state index contributed by atoms with van der Waals surface area (Å²) in [6.45, 7) is 5.06. The average Bonchev–Trinajstić information content (AvgIpc) is 3.33. The number of nitrogens with zero attached hydrogens (tertiary/aromatic N) is 2. The van der Waals surface area contributed by atoms with Crippen LogP contribution in [0, 0.1) is 5.92 Å². The van der Waals surface area contributed by atoms with Crippen LogP contribution in [0.4, 0.5) is 0 Å². The lowest BCUT2D eigenvalue weighted by atomic mass is 9.74. The molecule has 1 aliphatic carbocycles. The van der Waals surface area contributed by atoms with Gasteiger partial charge in [0.25, 0.3) is 6.47 Å². The molecule has 3 N–H and O–H groups in total. The number of ether oxygens (including phenoxy) is 1. The third-order valence-electron chi connectivity index (χ3n) is 7.31. The Kier molecular flexibility index (Phi) is 8.62. The van der Waals surface area contributed by atoms with Gasteiger partial charge in [-0.05, 0) is 50.7 Å². The van der Waals surface area contributed by atoms with E-state index in [-0.39, 0.29) is 23.9 Å². The number of aliphatic hydroxyl groups is 1. The van der Waals surface area contributed by atoms with Gasteiger partial charge in [-0.25, -0.2) is 0 Å². The van der Waals surface area contributed by atoms with Crippen molar-refractivity contribution in [2.75, 3.05) is 26.2 Å². The van der Waals surface area contributed by atoms with Crippen LogP contribution in [0.25, 0.3) is 0 Å². The molecule has 1 spiro atoms. The van der Waals surface area contributed by atoms with Crippen LogP contribution in [-0.4, -0.2) is 76.0 Å². The average molecular weight is 448 g/mol. The number of aliphatic hydroxyl groups excluding tert-OH is 1. The van der Waals surface area contributed by atoms with Gasteiger partial charge < -0.3 is 25.2 Å². The number of aromatic nitrogens is 1.